The maximum Gasteiger partial charge on any atom is 0.243 e. The van der Waals surface area contributed by atoms with Gasteiger partial charge in [0.15, 0.2) is 0 Å². The van der Waals surface area contributed by atoms with Gasteiger partial charge in [0.1, 0.15) is 0 Å². The van der Waals surface area contributed by atoms with Gasteiger partial charge in [-0.25, -0.2) is 8.42 Å². The number of piperidine rings is 1. The molecule has 2 aromatic rings. The molecular weight excluding hydrogens is 388 g/mol. The highest BCUT2D eigenvalue weighted by molar-refractivity contribution is 7.89. The number of carbonyl (C=O) groups is 1. The molecule has 1 amide bonds. The standard InChI is InChI=1S/C21H30N4O3S/c1-15-8-9-18(29(27,28)25-12-6-5-7-13-25)14-20(15)22-21(26)11-10-19-16(2)23-24(4)17(19)3/h8-9,14H,5-7,10-13H2,1-4H3,(H,22,26). The molecule has 1 aliphatic heterocycles. The fourth-order valence-electron chi connectivity index (χ4n) is 3.78. The lowest BCUT2D eigenvalue weighted by molar-refractivity contribution is -0.116. The van der Waals surface area contributed by atoms with Gasteiger partial charge in [-0.1, -0.05) is 12.5 Å². The van der Waals surface area contributed by atoms with Crippen LogP contribution in [0.2, 0.25) is 0 Å². The number of rotatable bonds is 6. The molecule has 0 spiro atoms. The van der Waals surface area contributed by atoms with Crippen molar-refractivity contribution in [1.29, 1.82) is 0 Å². The van der Waals surface area contributed by atoms with Crippen LogP contribution >= 0.6 is 0 Å². The molecule has 0 bridgehead atoms. The van der Waals surface area contributed by atoms with E-state index in [1.807, 2.05) is 32.5 Å². The fraction of sp³-hybridized carbons (Fsp3) is 0.524. The van der Waals surface area contributed by atoms with Gasteiger partial charge in [-0.15, -0.1) is 0 Å². The van der Waals surface area contributed by atoms with E-state index in [0.29, 0.717) is 31.6 Å². The third-order valence-electron chi connectivity index (χ3n) is 5.70. The highest BCUT2D eigenvalue weighted by Crippen LogP contribution is 2.25. The van der Waals surface area contributed by atoms with Crippen LogP contribution in [0.5, 0.6) is 0 Å². The van der Waals surface area contributed by atoms with Gasteiger partial charge in [0.05, 0.1) is 10.6 Å². The van der Waals surface area contributed by atoms with Gasteiger partial charge >= 0.3 is 0 Å². The number of carbonyl (C=O) groups excluding carboxylic acids is 1. The molecule has 2 heterocycles. The smallest absolute Gasteiger partial charge is 0.243 e. The van der Waals surface area contributed by atoms with E-state index in [0.717, 1.165) is 41.8 Å². The van der Waals surface area contributed by atoms with E-state index >= 15 is 0 Å². The van der Waals surface area contributed by atoms with E-state index in [4.69, 9.17) is 0 Å². The molecule has 1 saturated heterocycles. The highest BCUT2D eigenvalue weighted by atomic mass is 32.2. The molecule has 7 nitrogen and oxygen atoms in total. The predicted molar refractivity (Wildman–Crippen MR) is 113 cm³/mol. The zero-order chi connectivity index (χ0) is 21.2. The second-order valence-electron chi connectivity index (χ2n) is 7.76. The number of nitrogens with one attached hydrogen (secondary N) is 1. The van der Waals surface area contributed by atoms with E-state index in [2.05, 4.69) is 10.4 Å². The average Bonchev–Trinajstić information content (AvgIpc) is 2.94. The van der Waals surface area contributed by atoms with Crippen LogP contribution in [0.15, 0.2) is 23.1 Å². The first-order valence-corrected chi connectivity index (χ1v) is 11.5. The minimum Gasteiger partial charge on any atom is -0.326 e. The number of hydrogen-bond acceptors (Lipinski definition) is 4. The number of benzene rings is 1. The van der Waals surface area contributed by atoms with Crippen LogP contribution in [0.3, 0.4) is 0 Å². The summed E-state index contributed by atoms with van der Waals surface area (Å²) in [4.78, 5) is 12.8. The largest absolute Gasteiger partial charge is 0.326 e. The van der Waals surface area contributed by atoms with Crippen molar-refractivity contribution in [2.45, 2.75) is 57.8 Å². The molecule has 29 heavy (non-hydrogen) atoms. The summed E-state index contributed by atoms with van der Waals surface area (Å²) in [6, 6.07) is 4.96. The number of amides is 1. The third-order valence-corrected chi connectivity index (χ3v) is 7.59. The summed E-state index contributed by atoms with van der Waals surface area (Å²) >= 11 is 0. The molecule has 1 fully saturated rings. The Hall–Kier alpha value is -2.19. The van der Waals surface area contributed by atoms with Gasteiger partial charge in [-0.2, -0.15) is 9.40 Å². The molecule has 1 N–H and O–H groups in total. The van der Waals surface area contributed by atoms with Crippen LogP contribution in [0, 0.1) is 20.8 Å². The molecule has 0 aliphatic carbocycles. The Bertz CT molecular complexity index is 1010. The molecule has 3 rings (SSSR count). The van der Waals surface area contributed by atoms with Crippen molar-refractivity contribution in [3.05, 3.63) is 40.7 Å². The first-order valence-electron chi connectivity index (χ1n) is 10.1. The fourth-order valence-corrected chi connectivity index (χ4v) is 5.32. The molecule has 1 aliphatic rings. The number of anilines is 1. The number of hydrogen-bond donors (Lipinski definition) is 1. The maximum absolute atomic E-state index is 12.9. The van der Waals surface area contributed by atoms with E-state index < -0.39 is 10.0 Å². The summed E-state index contributed by atoms with van der Waals surface area (Å²) in [6.45, 7) is 6.91. The highest BCUT2D eigenvalue weighted by Gasteiger charge is 2.26. The Labute approximate surface area is 173 Å². The second-order valence-corrected chi connectivity index (χ2v) is 9.70. The molecule has 0 radical (unpaired) electrons. The first-order chi connectivity index (χ1) is 13.7. The lowest BCUT2D eigenvalue weighted by Gasteiger charge is -2.26. The number of aromatic nitrogens is 2. The van der Waals surface area contributed by atoms with Crippen LogP contribution in [0.1, 0.15) is 48.2 Å². The van der Waals surface area contributed by atoms with Crippen LogP contribution in [0.4, 0.5) is 5.69 Å². The molecule has 1 aromatic heterocycles. The number of nitrogens with zero attached hydrogens (tertiary/aromatic N) is 3. The number of sulfonamides is 1. The van der Waals surface area contributed by atoms with E-state index in [-0.39, 0.29) is 10.8 Å². The van der Waals surface area contributed by atoms with Crippen LogP contribution < -0.4 is 5.32 Å². The minimum absolute atomic E-state index is 0.136. The van der Waals surface area contributed by atoms with Crippen molar-refractivity contribution in [1.82, 2.24) is 14.1 Å². The lowest BCUT2D eigenvalue weighted by atomic mass is 10.1. The Morgan fingerprint density at radius 1 is 1.14 bits per heavy atom. The molecule has 1 aromatic carbocycles. The monoisotopic (exact) mass is 418 g/mol. The first kappa shape index (κ1) is 21.5. The minimum atomic E-state index is -3.53. The molecule has 0 atom stereocenters. The predicted octanol–water partition coefficient (Wildman–Crippen LogP) is 3.09. The topological polar surface area (TPSA) is 84.3 Å². The summed E-state index contributed by atoms with van der Waals surface area (Å²) in [5.41, 5.74) is 4.46. The van der Waals surface area contributed by atoms with E-state index in [1.54, 1.807) is 22.5 Å². The molecule has 8 heteroatoms. The van der Waals surface area contributed by atoms with Crippen molar-refractivity contribution >= 4 is 21.6 Å². The van der Waals surface area contributed by atoms with Gasteiger partial charge in [-0.05, 0) is 63.3 Å². The van der Waals surface area contributed by atoms with Crippen LogP contribution in [-0.4, -0.2) is 41.5 Å². The summed E-state index contributed by atoms with van der Waals surface area (Å²) in [6.07, 6.45) is 3.76. The normalized spacial score (nSPS) is 15.4. The Balaban J connectivity index is 1.72. The van der Waals surface area contributed by atoms with Crippen molar-refractivity contribution in [2.75, 3.05) is 18.4 Å². The van der Waals surface area contributed by atoms with Gasteiger partial charge in [-0.3, -0.25) is 9.48 Å². The SMILES string of the molecule is Cc1ccc(S(=O)(=O)N2CCCCC2)cc1NC(=O)CCc1c(C)nn(C)c1C. The van der Waals surface area contributed by atoms with Gasteiger partial charge in [0.25, 0.3) is 0 Å². The summed E-state index contributed by atoms with van der Waals surface area (Å²) < 4.78 is 29.2. The van der Waals surface area contributed by atoms with Gasteiger partial charge in [0, 0.05) is 37.9 Å². The van der Waals surface area contributed by atoms with Crippen LogP contribution in [0.25, 0.3) is 0 Å². The molecule has 0 saturated carbocycles. The van der Waals surface area contributed by atoms with Crippen molar-refractivity contribution in [3.63, 3.8) is 0 Å². The quantitative estimate of drug-likeness (QED) is 0.781. The zero-order valence-corrected chi connectivity index (χ0v) is 18.5. The zero-order valence-electron chi connectivity index (χ0n) is 17.7. The Morgan fingerprint density at radius 3 is 2.45 bits per heavy atom. The van der Waals surface area contributed by atoms with Crippen LogP contribution in [-0.2, 0) is 28.3 Å². The van der Waals surface area contributed by atoms with Crippen molar-refractivity contribution in [3.8, 4) is 0 Å². The van der Waals surface area contributed by atoms with Crippen molar-refractivity contribution in [2.24, 2.45) is 7.05 Å². The Kier molecular flexibility index (Phi) is 6.43. The van der Waals surface area contributed by atoms with E-state index in [1.165, 1.54) is 0 Å². The summed E-state index contributed by atoms with van der Waals surface area (Å²) in [5, 5.41) is 7.28. The Morgan fingerprint density at radius 2 is 1.83 bits per heavy atom. The number of aryl methyl sites for hydroxylation is 3. The molecule has 0 unspecified atom stereocenters. The van der Waals surface area contributed by atoms with Crippen molar-refractivity contribution < 1.29 is 13.2 Å². The lowest BCUT2D eigenvalue weighted by Crippen LogP contribution is -2.35. The average molecular weight is 419 g/mol. The molecular formula is C21H30N4O3S. The third kappa shape index (κ3) is 4.70. The maximum atomic E-state index is 12.9. The van der Waals surface area contributed by atoms with Gasteiger partial charge in [0.2, 0.25) is 15.9 Å². The summed E-state index contributed by atoms with van der Waals surface area (Å²) in [5.74, 6) is -0.136. The second kappa shape index (κ2) is 8.67. The van der Waals surface area contributed by atoms with E-state index in [9.17, 15) is 13.2 Å². The summed E-state index contributed by atoms with van der Waals surface area (Å²) in [7, 11) is -1.64. The van der Waals surface area contributed by atoms with Gasteiger partial charge < -0.3 is 5.32 Å². The molecule has 158 valence electrons.